The van der Waals surface area contributed by atoms with E-state index in [1.165, 1.54) is 76.2 Å². The first-order valence-electron chi connectivity index (χ1n) is 11.5. The number of imidazole rings is 1. The van der Waals surface area contributed by atoms with Crippen LogP contribution < -0.4 is 5.32 Å². The van der Waals surface area contributed by atoms with Crippen LogP contribution in [0.25, 0.3) is 16.8 Å². The second-order valence-corrected chi connectivity index (χ2v) is 8.53. The Morgan fingerprint density at radius 1 is 0.931 bits per heavy atom. The summed E-state index contributed by atoms with van der Waals surface area (Å²) in [6, 6.07) is 6.32. The van der Waals surface area contributed by atoms with Crippen molar-refractivity contribution in [3.05, 3.63) is 49.2 Å². The highest BCUT2D eigenvalue weighted by atomic mass is 15.0. The second kappa shape index (κ2) is 10.4. The minimum atomic E-state index is 0.859. The normalized spacial score (nSPS) is 17.1. The molecule has 4 nitrogen and oxygen atoms in total. The summed E-state index contributed by atoms with van der Waals surface area (Å²) in [4.78, 5) is 8.84. The first-order chi connectivity index (χ1) is 14.4. The number of pyridine rings is 2. The van der Waals surface area contributed by atoms with E-state index >= 15 is 0 Å². The topological polar surface area (TPSA) is 42.2 Å². The van der Waals surface area contributed by atoms with Crippen LogP contribution in [0.1, 0.15) is 70.6 Å². The van der Waals surface area contributed by atoms with Gasteiger partial charge in [0.25, 0.3) is 0 Å². The molecule has 29 heavy (non-hydrogen) atoms. The lowest BCUT2D eigenvalue weighted by atomic mass is 9.92. The Labute approximate surface area is 174 Å². The lowest BCUT2D eigenvalue weighted by Gasteiger charge is -2.18. The molecule has 3 heterocycles. The molecular formula is C25H34N4. The SMILES string of the molecule is c1cncc(-c2cc(NCCC3CCCCCCCCCC3)c3nccn3c2)c1. The van der Waals surface area contributed by atoms with Crippen molar-refractivity contribution in [2.45, 2.75) is 70.6 Å². The summed E-state index contributed by atoms with van der Waals surface area (Å²) in [7, 11) is 0. The molecular weight excluding hydrogens is 356 g/mol. The molecule has 0 aromatic carbocycles. The maximum atomic E-state index is 4.56. The molecule has 1 aliphatic carbocycles. The standard InChI is InChI=1S/C25H34N4/c1-2-4-6-8-11-21(10-7-5-3-1)13-15-27-24-18-23(22-12-9-14-26-19-22)20-29-17-16-28-25(24)29/h9,12,14,16-21,27H,1-8,10-11,13,15H2. The number of rotatable bonds is 5. The van der Waals surface area contributed by atoms with Gasteiger partial charge in [-0.2, -0.15) is 0 Å². The molecule has 1 aliphatic rings. The monoisotopic (exact) mass is 390 g/mol. The zero-order valence-electron chi connectivity index (χ0n) is 17.5. The Morgan fingerprint density at radius 3 is 2.41 bits per heavy atom. The number of fused-ring (bicyclic) bond motifs is 1. The van der Waals surface area contributed by atoms with Gasteiger partial charge in [-0.05, 0) is 24.5 Å². The third-order valence-corrected chi connectivity index (χ3v) is 6.33. The van der Waals surface area contributed by atoms with Gasteiger partial charge >= 0.3 is 0 Å². The Kier molecular flexibility index (Phi) is 7.17. The molecule has 3 aromatic rings. The van der Waals surface area contributed by atoms with Crippen LogP contribution in [0.15, 0.2) is 49.2 Å². The predicted octanol–water partition coefficient (Wildman–Crippen LogP) is 6.73. The van der Waals surface area contributed by atoms with Crippen molar-refractivity contribution in [1.82, 2.24) is 14.4 Å². The largest absolute Gasteiger partial charge is 0.382 e. The highest BCUT2D eigenvalue weighted by molar-refractivity contribution is 5.76. The summed E-state index contributed by atoms with van der Waals surface area (Å²) in [5.74, 6) is 0.859. The predicted molar refractivity (Wildman–Crippen MR) is 121 cm³/mol. The summed E-state index contributed by atoms with van der Waals surface area (Å²) in [6.07, 6.45) is 25.2. The molecule has 3 aromatic heterocycles. The molecule has 1 saturated carbocycles. The fourth-order valence-electron chi connectivity index (χ4n) is 4.63. The number of hydrogen-bond donors (Lipinski definition) is 1. The molecule has 4 heteroatoms. The van der Waals surface area contributed by atoms with Crippen LogP contribution in [0, 0.1) is 5.92 Å². The highest BCUT2D eigenvalue weighted by Gasteiger charge is 2.11. The minimum Gasteiger partial charge on any atom is -0.382 e. The van der Waals surface area contributed by atoms with Crippen LogP contribution in [0.3, 0.4) is 0 Å². The van der Waals surface area contributed by atoms with Gasteiger partial charge in [0.2, 0.25) is 0 Å². The number of hydrogen-bond acceptors (Lipinski definition) is 3. The maximum absolute atomic E-state index is 4.56. The Morgan fingerprint density at radius 2 is 1.69 bits per heavy atom. The lowest BCUT2D eigenvalue weighted by Crippen LogP contribution is -2.10. The Bertz CT molecular complexity index is 859. The second-order valence-electron chi connectivity index (χ2n) is 8.53. The summed E-state index contributed by atoms with van der Waals surface area (Å²) in [6.45, 7) is 1.02. The molecule has 0 atom stereocenters. The average molecular weight is 391 g/mol. The van der Waals surface area contributed by atoms with Crippen molar-refractivity contribution < 1.29 is 0 Å². The average Bonchev–Trinajstić information content (AvgIpc) is 3.21. The van der Waals surface area contributed by atoms with Gasteiger partial charge in [0.15, 0.2) is 5.65 Å². The van der Waals surface area contributed by atoms with E-state index in [-0.39, 0.29) is 0 Å². The Hall–Kier alpha value is -2.36. The van der Waals surface area contributed by atoms with Crippen LogP contribution in [-0.2, 0) is 0 Å². The minimum absolute atomic E-state index is 0.859. The Balaban J connectivity index is 1.41. The van der Waals surface area contributed by atoms with Gasteiger partial charge in [0.05, 0.1) is 5.69 Å². The number of nitrogens with one attached hydrogen (secondary N) is 1. The molecule has 154 valence electrons. The molecule has 0 bridgehead atoms. The number of anilines is 1. The van der Waals surface area contributed by atoms with Crippen molar-refractivity contribution in [1.29, 1.82) is 0 Å². The molecule has 0 spiro atoms. The third kappa shape index (κ3) is 5.59. The maximum Gasteiger partial charge on any atom is 0.160 e. The summed E-state index contributed by atoms with van der Waals surface area (Å²) in [5, 5.41) is 3.70. The van der Waals surface area contributed by atoms with Crippen LogP contribution in [0.4, 0.5) is 5.69 Å². The quantitative estimate of drug-likeness (QED) is 0.525. The van der Waals surface area contributed by atoms with Gasteiger partial charge in [-0.1, -0.05) is 70.3 Å². The molecule has 4 rings (SSSR count). The molecule has 0 radical (unpaired) electrons. The fraction of sp³-hybridized carbons (Fsp3) is 0.520. The van der Waals surface area contributed by atoms with Crippen molar-refractivity contribution >= 4 is 11.3 Å². The van der Waals surface area contributed by atoms with Crippen LogP contribution in [-0.4, -0.2) is 20.9 Å². The van der Waals surface area contributed by atoms with Crippen LogP contribution in [0.2, 0.25) is 0 Å². The number of aromatic nitrogens is 3. The van der Waals surface area contributed by atoms with E-state index in [4.69, 9.17) is 0 Å². The van der Waals surface area contributed by atoms with E-state index in [1.807, 2.05) is 30.9 Å². The zero-order valence-corrected chi connectivity index (χ0v) is 17.5. The van der Waals surface area contributed by atoms with Gasteiger partial charge in [-0.15, -0.1) is 0 Å². The van der Waals surface area contributed by atoms with E-state index in [9.17, 15) is 0 Å². The van der Waals surface area contributed by atoms with E-state index < -0.39 is 0 Å². The van der Waals surface area contributed by atoms with Gasteiger partial charge in [-0.3, -0.25) is 4.98 Å². The van der Waals surface area contributed by atoms with Crippen LogP contribution in [0.5, 0.6) is 0 Å². The molecule has 0 amide bonds. The van der Waals surface area contributed by atoms with E-state index in [0.29, 0.717) is 0 Å². The third-order valence-electron chi connectivity index (χ3n) is 6.33. The van der Waals surface area contributed by atoms with Crippen molar-refractivity contribution in [3.8, 4) is 11.1 Å². The van der Waals surface area contributed by atoms with Gasteiger partial charge in [0, 0.05) is 48.7 Å². The molecule has 1 fully saturated rings. The highest BCUT2D eigenvalue weighted by Crippen LogP contribution is 2.27. The summed E-state index contributed by atoms with van der Waals surface area (Å²) < 4.78 is 2.11. The fourth-order valence-corrected chi connectivity index (χ4v) is 4.63. The lowest BCUT2D eigenvalue weighted by molar-refractivity contribution is 0.397. The smallest absolute Gasteiger partial charge is 0.160 e. The first kappa shape index (κ1) is 19.9. The summed E-state index contributed by atoms with van der Waals surface area (Å²) >= 11 is 0. The van der Waals surface area contributed by atoms with Gasteiger partial charge in [-0.25, -0.2) is 4.98 Å². The van der Waals surface area contributed by atoms with E-state index in [1.54, 1.807) is 0 Å². The molecule has 1 N–H and O–H groups in total. The van der Waals surface area contributed by atoms with E-state index in [2.05, 4.69) is 38.0 Å². The zero-order chi connectivity index (χ0) is 19.7. The van der Waals surface area contributed by atoms with Crippen molar-refractivity contribution in [3.63, 3.8) is 0 Å². The molecule has 0 saturated heterocycles. The van der Waals surface area contributed by atoms with Crippen molar-refractivity contribution in [2.75, 3.05) is 11.9 Å². The summed E-state index contributed by atoms with van der Waals surface area (Å²) in [5.41, 5.74) is 4.42. The van der Waals surface area contributed by atoms with Gasteiger partial charge in [0.1, 0.15) is 0 Å². The molecule has 0 unspecified atom stereocenters. The van der Waals surface area contributed by atoms with Crippen LogP contribution >= 0.6 is 0 Å². The van der Waals surface area contributed by atoms with E-state index in [0.717, 1.165) is 29.4 Å². The number of nitrogens with zero attached hydrogens (tertiary/aromatic N) is 3. The molecule has 0 aliphatic heterocycles. The van der Waals surface area contributed by atoms with Crippen molar-refractivity contribution in [2.24, 2.45) is 5.92 Å². The van der Waals surface area contributed by atoms with Gasteiger partial charge < -0.3 is 9.72 Å². The first-order valence-corrected chi connectivity index (χ1v) is 11.5.